The third-order valence-electron chi connectivity index (χ3n) is 16.5. The normalized spacial score (nSPS) is 11.9. The van der Waals surface area contributed by atoms with Crippen molar-refractivity contribution >= 4 is 86.2 Å². The fraction of sp³-hybridized carbons (Fsp3) is 0. The Hall–Kier alpha value is -9.88. The van der Waals surface area contributed by atoms with Crippen LogP contribution in [0.3, 0.4) is 0 Å². The van der Waals surface area contributed by atoms with Crippen molar-refractivity contribution in [1.29, 1.82) is 0 Å². The van der Waals surface area contributed by atoms with Gasteiger partial charge in [-0.3, -0.25) is 0 Å². The lowest BCUT2D eigenvalue weighted by molar-refractivity contribution is 1.58. The molecule has 0 nitrogen and oxygen atoms in total. The molecule has 16 rings (SSSR count). The van der Waals surface area contributed by atoms with Crippen LogP contribution in [0, 0.1) is 0 Å². The summed E-state index contributed by atoms with van der Waals surface area (Å²) in [6, 6.07) is 104. The molecule has 16 aromatic carbocycles. The third kappa shape index (κ3) is 6.78. The average molecular weight is 959 g/mol. The third-order valence-corrected chi connectivity index (χ3v) is 16.5. The Morgan fingerprint density at radius 3 is 0.816 bits per heavy atom. The lowest BCUT2D eigenvalue weighted by Gasteiger charge is -2.17. The first-order chi connectivity index (χ1) is 37.6. The van der Waals surface area contributed by atoms with Crippen LogP contribution < -0.4 is 0 Å². The number of hydrogen-bond donors (Lipinski definition) is 0. The SMILES string of the molecule is c1cc(-c2cccc(-c3ccc4ccc5c(-c6ccc(-c7ccc8ccccc8c7)cc6)ccc6ccc3c4c65)c2)cc(-c2cccc(-c3ccc4ccc5c(-c6ccc7ccccc7c6)ccc6ccc3c4c65)c2)c1. The van der Waals surface area contributed by atoms with Gasteiger partial charge in [-0.2, -0.15) is 0 Å². The molecule has 0 radical (unpaired) electrons. The molecule has 0 heterocycles. The Labute approximate surface area is 440 Å². The van der Waals surface area contributed by atoms with Crippen LogP contribution in [0.1, 0.15) is 0 Å². The topological polar surface area (TPSA) is 0 Å². The largest absolute Gasteiger partial charge is 0.0616 e. The molecule has 76 heavy (non-hydrogen) atoms. The zero-order valence-electron chi connectivity index (χ0n) is 41.6. The minimum atomic E-state index is 1.20. The molecule has 0 unspecified atom stereocenters. The van der Waals surface area contributed by atoms with Crippen molar-refractivity contribution in [1.82, 2.24) is 0 Å². The maximum Gasteiger partial charge on any atom is -0.00203 e. The van der Waals surface area contributed by atoms with Gasteiger partial charge in [-0.25, -0.2) is 0 Å². The van der Waals surface area contributed by atoms with E-state index in [-0.39, 0.29) is 0 Å². The molecule has 0 aliphatic carbocycles. The standard InChI is InChI=1S/C76H46/c1-3-10-55-42-61(24-20-47(55)8-1)49-18-22-50(23-19-49)65-34-26-51-31-39-70-66(35-27-52-30-38-69(65)73(51)74(52)70)62-16-6-14-59(45-62)57-12-5-13-58(43-57)60-15-7-17-63(46-60)67-36-28-53-33-41-72-68(37-29-54-32-40-71(67)75(53)76(54)72)64-25-21-48-9-2-4-11-56(48)44-64/h1-46H. The monoisotopic (exact) mass is 958 g/mol. The second-order valence-corrected chi connectivity index (χ2v) is 20.7. The molecule has 16 aromatic rings. The quantitative estimate of drug-likeness (QED) is 0.140. The van der Waals surface area contributed by atoms with Crippen molar-refractivity contribution in [2.75, 3.05) is 0 Å². The molecule has 0 spiro atoms. The van der Waals surface area contributed by atoms with Crippen molar-refractivity contribution in [2.45, 2.75) is 0 Å². The Bertz CT molecular complexity index is 4980. The maximum absolute atomic E-state index is 2.38. The van der Waals surface area contributed by atoms with Crippen molar-refractivity contribution in [2.24, 2.45) is 0 Å². The summed E-state index contributed by atoms with van der Waals surface area (Å²) in [5.41, 5.74) is 17.2. The molecule has 0 N–H and O–H groups in total. The van der Waals surface area contributed by atoms with E-state index in [0.717, 1.165) is 0 Å². The van der Waals surface area contributed by atoms with E-state index in [2.05, 4.69) is 279 Å². The first-order valence-electron chi connectivity index (χ1n) is 26.5. The summed E-state index contributed by atoms with van der Waals surface area (Å²) in [7, 11) is 0. The van der Waals surface area contributed by atoms with E-state index in [9.17, 15) is 0 Å². The van der Waals surface area contributed by atoms with E-state index in [1.807, 2.05) is 0 Å². The second-order valence-electron chi connectivity index (χ2n) is 20.7. The molecule has 0 saturated carbocycles. The predicted octanol–water partition coefficient (Wildman–Crippen LogP) is 21.5. The predicted molar refractivity (Wildman–Crippen MR) is 327 cm³/mol. The summed E-state index contributed by atoms with van der Waals surface area (Å²) >= 11 is 0. The number of benzene rings is 16. The molecule has 0 bridgehead atoms. The van der Waals surface area contributed by atoms with Gasteiger partial charge in [0.2, 0.25) is 0 Å². The Morgan fingerprint density at radius 2 is 0.395 bits per heavy atom. The fourth-order valence-electron chi connectivity index (χ4n) is 12.8. The van der Waals surface area contributed by atoms with Crippen LogP contribution in [0.25, 0.3) is 164 Å². The minimum absolute atomic E-state index is 1.20. The molecular formula is C76H46. The average Bonchev–Trinajstić information content (AvgIpc) is 3.54. The number of rotatable bonds is 7. The van der Waals surface area contributed by atoms with E-state index in [4.69, 9.17) is 0 Å². The minimum Gasteiger partial charge on any atom is -0.0616 e. The first kappa shape index (κ1) is 42.6. The smallest absolute Gasteiger partial charge is 0.00203 e. The summed E-state index contributed by atoms with van der Waals surface area (Å²) in [4.78, 5) is 0. The Balaban J connectivity index is 0.735. The highest BCUT2D eigenvalue weighted by molar-refractivity contribution is 6.29. The van der Waals surface area contributed by atoms with Crippen LogP contribution in [-0.4, -0.2) is 0 Å². The number of hydrogen-bond acceptors (Lipinski definition) is 0. The molecule has 0 fully saturated rings. The molecule has 0 heteroatoms. The van der Waals surface area contributed by atoms with Gasteiger partial charge in [0.05, 0.1) is 0 Å². The maximum atomic E-state index is 2.38. The van der Waals surface area contributed by atoms with Crippen molar-refractivity contribution in [3.63, 3.8) is 0 Å². The van der Waals surface area contributed by atoms with E-state index in [1.54, 1.807) is 0 Å². The fourth-order valence-corrected chi connectivity index (χ4v) is 12.8. The van der Waals surface area contributed by atoms with Crippen LogP contribution in [0.4, 0.5) is 0 Å². The van der Waals surface area contributed by atoms with Crippen LogP contribution in [0.5, 0.6) is 0 Å². The summed E-state index contributed by atoms with van der Waals surface area (Å²) in [5.74, 6) is 0. The highest BCUT2D eigenvalue weighted by atomic mass is 14.2. The van der Waals surface area contributed by atoms with Gasteiger partial charge in [0.1, 0.15) is 0 Å². The van der Waals surface area contributed by atoms with Crippen LogP contribution in [0.2, 0.25) is 0 Å². The molecule has 0 aromatic heterocycles. The van der Waals surface area contributed by atoms with Gasteiger partial charge in [-0.1, -0.05) is 249 Å². The zero-order chi connectivity index (χ0) is 49.8. The van der Waals surface area contributed by atoms with Crippen LogP contribution in [0.15, 0.2) is 279 Å². The molecule has 0 saturated heterocycles. The van der Waals surface area contributed by atoms with E-state index in [1.165, 1.54) is 164 Å². The lowest BCUT2D eigenvalue weighted by atomic mass is 9.86. The van der Waals surface area contributed by atoms with Crippen LogP contribution in [-0.2, 0) is 0 Å². The van der Waals surface area contributed by atoms with Gasteiger partial charge in [0.15, 0.2) is 0 Å². The van der Waals surface area contributed by atoms with Gasteiger partial charge in [-0.15, -0.1) is 0 Å². The van der Waals surface area contributed by atoms with Gasteiger partial charge < -0.3 is 0 Å². The molecule has 0 aliphatic rings. The van der Waals surface area contributed by atoms with Gasteiger partial charge in [0, 0.05) is 0 Å². The molecule has 0 aliphatic heterocycles. The van der Waals surface area contributed by atoms with Crippen molar-refractivity contribution in [3.8, 4) is 77.9 Å². The first-order valence-corrected chi connectivity index (χ1v) is 26.5. The van der Waals surface area contributed by atoms with E-state index < -0.39 is 0 Å². The summed E-state index contributed by atoms with van der Waals surface area (Å²) in [6.45, 7) is 0. The Kier molecular flexibility index (Phi) is 9.44. The van der Waals surface area contributed by atoms with Gasteiger partial charge in [0.25, 0.3) is 0 Å². The summed E-state index contributed by atoms with van der Waals surface area (Å²) in [5, 5.41) is 20.6. The Morgan fingerprint density at radius 1 is 0.132 bits per heavy atom. The van der Waals surface area contributed by atoms with E-state index >= 15 is 0 Å². The number of fused-ring (bicyclic) bond motifs is 2. The van der Waals surface area contributed by atoms with Gasteiger partial charge in [-0.05, 0) is 194 Å². The lowest BCUT2D eigenvalue weighted by Crippen LogP contribution is -1.90. The van der Waals surface area contributed by atoms with Crippen LogP contribution >= 0.6 is 0 Å². The van der Waals surface area contributed by atoms with Crippen molar-refractivity contribution in [3.05, 3.63) is 279 Å². The molecule has 0 atom stereocenters. The highest BCUT2D eigenvalue weighted by Gasteiger charge is 2.18. The summed E-state index contributed by atoms with van der Waals surface area (Å²) in [6.07, 6.45) is 0. The second kappa shape index (κ2) is 16.8. The van der Waals surface area contributed by atoms with E-state index in [0.29, 0.717) is 0 Å². The molecular weight excluding hydrogens is 913 g/mol. The summed E-state index contributed by atoms with van der Waals surface area (Å²) < 4.78 is 0. The zero-order valence-corrected chi connectivity index (χ0v) is 41.6. The van der Waals surface area contributed by atoms with Gasteiger partial charge >= 0.3 is 0 Å². The molecule has 350 valence electrons. The van der Waals surface area contributed by atoms with Crippen molar-refractivity contribution < 1.29 is 0 Å². The molecule has 0 amide bonds. The highest BCUT2D eigenvalue weighted by Crippen LogP contribution is 2.46.